The summed E-state index contributed by atoms with van der Waals surface area (Å²) in [5.41, 5.74) is 2.36. The summed E-state index contributed by atoms with van der Waals surface area (Å²) in [5, 5.41) is 3.09. The fraction of sp³-hybridized carbons (Fsp3) is 0.667. The van der Waals surface area contributed by atoms with Crippen molar-refractivity contribution in [2.24, 2.45) is 11.8 Å². The molecule has 0 aliphatic carbocycles. The summed E-state index contributed by atoms with van der Waals surface area (Å²) in [6.45, 7) is 5.11. The first-order chi connectivity index (χ1) is 7.65. The van der Waals surface area contributed by atoms with Crippen LogP contribution in [-0.4, -0.2) is 28.6 Å². The zero-order chi connectivity index (χ0) is 12.0. The summed E-state index contributed by atoms with van der Waals surface area (Å²) >= 11 is 0. The van der Waals surface area contributed by atoms with Crippen LogP contribution in [0.25, 0.3) is 0 Å². The molecule has 0 aromatic carbocycles. The molecular weight excluding hydrogens is 208 g/mol. The molecule has 4 N–H and O–H groups in total. The Balaban J connectivity index is 2.64. The summed E-state index contributed by atoms with van der Waals surface area (Å²) in [5.74, 6) is 6.60. The second kappa shape index (κ2) is 6.06. The number of nitrogens with one attached hydrogen (secondary N) is 2. The zero-order valence-corrected chi connectivity index (χ0v) is 9.82. The molecule has 0 unspecified atom stereocenters. The van der Waals surface area contributed by atoms with Crippen LogP contribution in [0.4, 0.5) is 11.9 Å². The van der Waals surface area contributed by atoms with Gasteiger partial charge < -0.3 is 10.1 Å². The lowest BCUT2D eigenvalue weighted by atomic mass is 10.1. The summed E-state index contributed by atoms with van der Waals surface area (Å²) < 4.78 is 4.93. The quantitative estimate of drug-likeness (QED) is 0.483. The summed E-state index contributed by atoms with van der Waals surface area (Å²) in [7, 11) is 1.49. The molecule has 1 heterocycles. The maximum atomic E-state index is 5.23. The van der Waals surface area contributed by atoms with Crippen molar-refractivity contribution in [1.29, 1.82) is 0 Å². The van der Waals surface area contributed by atoms with Crippen LogP contribution in [0, 0.1) is 5.92 Å². The third kappa shape index (κ3) is 3.85. The van der Waals surface area contributed by atoms with Gasteiger partial charge in [0.2, 0.25) is 11.9 Å². The van der Waals surface area contributed by atoms with Gasteiger partial charge in [0.25, 0.3) is 0 Å². The van der Waals surface area contributed by atoms with E-state index in [1.54, 1.807) is 0 Å². The first-order valence-electron chi connectivity index (χ1n) is 5.16. The van der Waals surface area contributed by atoms with Gasteiger partial charge in [-0.25, -0.2) is 5.84 Å². The van der Waals surface area contributed by atoms with Crippen molar-refractivity contribution in [3.63, 3.8) is 0 Å². The predicted octanol–water partition coefficient (Wildman–Crippen LogP) is 0.624. The van der Waals surface area contributed by atoms with Crippen molar-refractivity contribution < 1.29 is 4.74 Å². The van der Waals surface area contributed by atoms with Crippen LogP contribution in [0.2, 0.25) is 0 Å². The van der Waals surface area contributed by atoms with Gasteiger partial charge in [0.15, 0.2) is 0 Å². The Labute approximate surface area is 94.8 Å². The summed E-state index contributed by atoms with van der Waals surface area (Å²) in [6, 6.07) is 0.231. The van der Waals surface area contributed by atoms with Crippen LogP contribution in [0.3, 0.4) is 0 Å². The smallest absolute Gasteiger partial charge is 0.322 e. The van der Waals surface area contributed by atoms with E-state index in [-0.39, 0.29) is 12.0 Å². The molecule has 0 aliphatic rings. The molecule has 0 radical (unpaired) electrons. The first kappa shape index (κ1) is 12.4. The Morgan fingerprint density at radius 2 is 1.94 bits per heavy atom. The average molecular weight is 226 g/mol. The van der Waals surface area contributed by atoms with Crippen LogP contribution in [0.5, 0.6) is 6.01 Å². The summed E-state index contributed by atoms with van der Waals surface area (Å²) in [4.78, 5) is 12.0. The van der Waals surface area contributed by atoms with Gasteiger partial charge in [-0.05, 0) is 12.3 Å². The van der Waals surface area contributed by atoms with E-state index in [2.05, 4.69) is 39.5 Å². The number of nitrogens with zero attached hydrogens (tertiary/aromatic N) is 3. The molecule has 1 aromatic rings. The van der Waals surface area contributed by atoms with Gasteiger partial charge in [-0.15, -0.1) is 0 Å². The molecule has 0 atom stereocenters. The molecule has 0 spiro atoms. The minimum atomic E-state index is 0.231. The van der Waals surface area contributed by atoms with E-state index < -0.39 is 0 Å². The molecule has 90 valence electrons. The van der Waals surface area contributed by atoms with Crippen LogP contribution in [0.1, 0.15) is 20.3 Å². The number of rotatable bonds is 6. The number of hydrazine groups is 1. The number of ether oxygens (including phenoxy) is 1. The van der Waals surface area contributed by atoms with Crippen LogP contribution >= 0.6 is 0 Å². The van der Waals surface area contributed by atoms with Gasteiger partial charge in [-0.1, -0.05) is 13.8 Å². The minimum absolute atomic E-state index is 0.231. The van der Waals surface area contributed by atoms with E-state index in [0.717, 1.165) is 13.0 Å². The third-order valence-corrected chi connectivity index (χ3v) is 1.93. The number of aromatic nitrogens is 3. The Morgan fingerprint density at radius 3 is 2.50 bits per heavy atom. The Hall–Kier alpha value is -1.63. The molecule has 0 aliphatic heterocycles. The molecule has 0 amide bonds. The van der Waals surface area contributed by atoms with Crippen LogP contribution in [0.15, 0.2) is 0 Å². The molecule has 7 heteroatoms. The topological polar surface area (TPSA) is 98.0 Å². The van der Waals surface area contributed by atoms with E-state index in [1.165, 1.54) is 7.11 Å². The maximum absolute atomic E-state index is 5.23. The highest BCUT2D eigenvalue weighted by Crippen LogP contribution is 2.10. The Morgan fingerprint density at radius 1 is 1.25 bits per heavy atom. The number of hydrogen-bond acceptors (Lipinski definition) is 7. The SMILES string of the molecule is COc1nc(NN)nc(NCCC(C)C)n1. The minimum Gasteiger partial charge on any atom is -0.467 e. The number of anilines is 2. The largest absolute Gasteiger partial charge is 0.467 e. The molecule has 7 nitrogen and oxygen atoms in total. The second-order valence-electron chi connectivity index (χ2n) is 3.72. The number of nitrogen functional groups attached to an aromatic ring is 1. The van der Waals surface area contributed by atoms with E-state index in [1.807, 2.05) is 0 Å². The van der Waals surface area contributed by atoms with Crippen LogP contribution < -0.4 is 21.3 Å². The molecule has 1 rings (SSSR count). The van der Waals surface area contributed by atoms with E-state index in [4.69, 9.17) is 10.6 Å². The normalized spacial score (nSPS) is 10.3. The van der Waals surface area contributed by atoms with Crippen molar-refractivity contribution in [3.8, 4) is 6.01 Å². The number of nitrogens with two attached hydrogens (primary N) is 1. The molecule has 0 bridgehead atoms. The highest BCUT2D eigenvalue weighted by atomic mass is 16.5. The molecule has 0 saturated carbocycles. The maximum Gasteiger partial charge on any atom is 0.322 e. The second-order valence-corrected chi connectivity index (χ2v) is 3.72. The highest BCUT2D eigenvalue weighted by molar-refractivity contribution is 5.34. The monoisotopic (exact) mass is 226 g/mol. The molecular formula is C9H18N6O. The molecule has 0 saturated heterocycles. The molecule has 1 aromatic heterocycles. The zero-order valence-electron chi connectivity index (χ0n) is 9.82. The number of hydrogen-bond donors (Lipinski definition) is 3. The van der Waals surface area contributed by atoms with E-state index in [0.29, 0.717) is 11.9 Å². The highest BCUT2D eigenvalue weighted by Gasteiger charge is 2.05. The van der Waals surface area contributed by atoms with Crippen molar-refractivity contribution in [2.45, 2.75) is 20.3 Å². The van der Waals surface area contributed by atoms with Crippen LogP contribution in [-0.2, 0) is 0 Å². The molecule has 16 heavy (non-hydrogen) atoms. The van der Waals surface area contributed by atoms with E-state index in [9.17, 15) is 0 Å². The summed E-state index contributed by atoms with van der Waals surface area (Å²) in [6.07, 6.45) is 1.04. The fourth-order valence-electron chi connectivity index (χ4n) is 1.06. The lowest BCUT2D eigenvalue weighted by Gasteiger charge is -2.08. The lowest BCUT2D eigenvalue weighted by Crippen LogP contribution is -2.15. The average Bonchev–Trinajstić information content (AvgIpc) is 2.28. The Bertz CT molecular complexity index is 308. The van der Waals surface area contributed by atoms with Gasteiger partial charge in [0.1, 0.15) is 0 Å². The van der Waals surface area contributed by atoms with Gasteiger partial charge in [-0.3, -0.25) is 5.43 Å². The van der Waals surface area contributed by atoms with Gasteiger partial charge in [0.05, 0.1) is 7.11 Å². The van der Waals surface area contributed by atoms with Crippen molar-refractivity contribution in [1.82, 2.24) is 15.0 Å². The van der Waals surface area contributed by atoms with Crippen molar-refractivity contribution in [3.05, 3.63) is 0 Å². The van der Waals surface area contributed by atoms with Gasteiger partial charge in [0, 0.05) is 6.54 Å². The standard InChI is InChI=1S/C9H18N6O/c1-6(2)4-5-11-7-12-8(15-10)14-9(13-7)16-3/h6H,4-5,10H2,1-3H3,(H2,11,12,13,14,15). The van der Waals surface area contributed by atoms with Crippen molar-refractivity contribution in [2.75, 3.05) is 24.4 Å². The lowest BCUT2D eigenvalue weighted by molar-refractivity contribution is 0.379. The van der Waals surface area contributed by atoms with E-state index >= 15 is 0 Å². The van der Waals surface area contributed by atoms with Crippen molar-refractivity contribution >= 4 is 11.9 Å². The number of methoxy groups -OCH3 is 1. The third-order valence-electron chi connectivity index (χ3n) is 1.93. The molecule has 0 fully saturated rings. The van der Waals surface area contributed by atoms with Gasteiger partial charge >= 0.3 is 6.01 Å². The fourth-order valence-corrected chi connectivity index (χ4v) is 1.06. The predicted molar refractivity (Wildman–Crippen MR) is 62.1 cm³/mol. The first-order valence-corrected chi connectivity index (χ1v) is 5.16. The van der Waals surface area contributed by atoms with Gasteiger partial charge in [-0.2, -0.15) is 15.0 Å². The Kier molecular flexibility index (Phi) is 4.71.